The van der Waals surface area contributed by atoms with Gasteiger partial charge in [0, 0.05) is 6.20 Å². The average Bonchev–Trinajstić information content (AvgIpc) is 3.13. The van der Waals surface area contributed by atoms with Gasteiger partial charge < -0.3 is 9.15 Å². The van der Waals surface area contributed by atoms with Gasteiger partial charge in [0.05, 0.1) is 28.6 Å². The highest BCUT2D eigenvalue weighted by molar-refractivity contribution is 6.30. The highest BCUT2D eigenvalue weighted by atomic mass is 35.5. The molecule has 0 aliphatic carbocycles. The van der Waals surface area contributed by atoms with Crippen molar-refractivity contribution in [1.82, 2.24) is 4.98 Å². The summed E-state index contributed by atoms with van der Waals surface area (Å²) in [6.07, 6.45) is 3.43. The Bertz CT molecular complexity index is 1400. The van der Waals surface area contributed by atoms with Gasteiger partial charge in [0.1, 0.15) is 17.2 Å². The molecular formula is C26H21ClN2O4. The number of nitrogens with zero attached hydrogens (tertiary/aromatic N) is 2. The summed E-state index contributed by atoms with van der Waals surface area (Å²) in [5, 5.41) is 0.876. The predicted molar refractivity (Wildman–Crippen MR) is 127 cm³/mol. The first-order valence-corrected chi connectivity index (χ1v) is 11.2. The summed E-state index contributed by atoms with van der Waals surface area (Å²) in [5.41, 5.74) is 1.16. The fraction of sp³-hybridized carbons (Fsp3) is 0.192. The summed E-state index contributed by atoms with van der Waals surface area (Å²) < 4.78 is 11.8. The number of amides is 1. The van der Waals surface area contributed by atoms with E-state index in [4.69, 9.17) is 20.8 Å². The van der Waals surface area contributed by atoms with Gasteiger partial charge in [-0.3, -0.25) is 14.5 Å². The first kappa shape index (κ1) is 21.2. The Morgan fingerprint density at radius 2 is 1.94 bits per heavy atom. The SMILES string of the molecule is CCCCOc1cccc(C2c3c(oc4ccccc4c3=O)C(=O)N2c2ccc(Cl)cn2)c1. The Kier molecular flexibility index (Phi) is 5.60. The van der Waals surface area contributed by atoms with Gasteiger partial charge in [-0.1, -0.05) is 49.2 Å². The van der Waals surface area contributed by atoms with Gasteiger partial charge in [-0.05, 0) is 48.4 Å². The third kappa shape index (κ3) is 3.76. The lowest BCUT2D eigenvalue weighted by Crippen LogP contribution is -2.30. The average molecular weight is 461 g/mol. The molecule has 0 bridgehead atoms. The van der Waals surface area contributed by atoms with Crippen LogP contribution in [0.4, 0.5) is 5.82 Å². The fourth-order valence-corrected chi connectivity index (χ4v) is 4.20. The molecule has 5 rings (SSSR count). The smallest absolute Gasteiger partial charge is 0.296 e. The summed E-state index contributed by atoms with van der Waals surface area (Å²) in [7, 11) is 0. The fourth-order valence-electron chi connectivity index (χ4n) is 4.09. The normalized spacial score (nSPS) is 15.2. The van der Waals surface area contributed by atoms with Crippen LogP contribution in [0, 0.1) is 0 Å². The Labute approximate surface area is 195 Å². The van der Waals surface area contributed by atoms with Gasteiger partial charge in [-0.2, -0.15) is 0 Å². The molecule has 0 radical (unpaired) electrons. The van der Waals surface area contributed by atoms with Crippen molar-refractivity contribution in [2.45, 2.75) is 25.8 Å². The standard InChI is InChI=1S/C26H21ClN2O4/c1-2-3-13-32-18-8-6-7-16(14-18)23-22-24(30)19-9-4-5-10-20(19)33-25(22)26(31)29(23)21-12-11-17(27)15-28-21/h4-12,14-15,23H,2-3,13H2,1H3. The Hall–Kier alpha value is -3.64. The van der Waals surface area contributed by atoms with Crippen LogP contribution in [-0.4, -0.2) is 17.5 Å². The molecule has 3 heterocycles. The van der Waals surface area contributed by atoms with E-state index >= 15 is 0 Å². The van der Waals surface area contributed by atoms with Crippen LogP contribution >= 0.6 is 11.6 Å². The van der Waals surface area contributed by atoms with Crippen LogP contribution in [0.3, 0.4) is 0 Å². The van der Waals surface area contributed by atoms with Gasteiger partial charge >= 0.3 is 0 Å². The van der Waals surface area contributed by atoms with Crippen molar-refractivity contribution in [1.29, 1.82) is 0 Å². The first-order valence-electron chi connectivity index (χ1n) is 10.8. The van der Waals surface area contributed by atoms with Crippen molar-refractivity contribution >= 4 is 34.3 Å². The van der Waals surface area contributed by atoms with Gasteiger partial charge in [0.25, 0.3) is 5.91 Å². The van der Waals surface area contributed by atoms with Crippen molar-refractivity contribution in [3.05, 3.63) is 99.0 Å². The highest BCUT2D eigenvalue weighted by Crippen LogP contribution is 2.41. The summed E-state index contributed by atoms with van der Waals surface area (Å²) in [4.78, 5) is 32.9. The lowest BCUT2D eigenvalue weighted by Gasteiger charge is -2.24. The number of fused-ring (bicyclic) bond motifs is 2. The molecule has 0 saturated heterocycles. The lowest BCUT2D eigenvalue weighted by molar-refractivity contribution is 0.0970. The van der Waals surface area contributed by atoms with E-state index in [9.17, 15) is 9.59 Å². The zero-order chi connectivity index (χ0) is 22.9. The molecule has 2 aromatic carbocycles. The monoisotopic (exact) mass is 460 g/mol. The molecule has 1 amide bonds. The maximum atomic E-state index is 13.6. The second-order valence-electron chi connectivity index (χ2n) is 7.86. The number of halogens is 1. The van der Waals surface area contributed by atoms with E-state index in [2.05, 4.69) is 11.9 Å². The molecule has 4 aromatic rings. The number of anilines is 1. The Balaban J connectivity index is 1.70. The number of hydrogen-bond acceptors (Lipinski definition) is 5. The van der Waals surface area contributed by atoms with Crippen molar-refractivity contribution < 1.29 is 13.9 Å². The number of carbonyl (C=O) groups is 1. The third-order valence-electron chi connectivity index (χ3n) is 5.68. The highest BCUT2D eigenvalue weighted by Gasteiger charge is 2.44. The molecule has 0 fully saturated rings. The van der Waals surface area contributed by atoms with E-state index < -0.39 is 11.9 Å². The number of benzene rings is 2. The number of carbonyl (C=O) groups excluding carboxylic acids is 1. The van der Waals surface area contributed by atoms with E-state index in [-0.39, 0.29) is 11.2 Å². The molecule has 6 nitrogen and oxygen atoms in total. The molecule has 2 aromatic heterocycles. The van der Waals surface area contributed by atoms with Crippen LogP contribution < -0.4 is 15.1 Å². The van der Waals surface area contributed by atoms with E-state index in [0.29, 0.717) is 39.7 Å². The van der Waals surface area contributed by atoms with E-state index in [0.717, 1.165) is 18.4 Å². The Morgan fingerprint density at radius 1 is 1.09 bits per heavy atom. The summed E-state index contributed by atoms with van der Waals surface area (Å²) in [5.74, 6) is 0.653. The molecule has 1 unspecified atom stereocenters. The van der Waals surface area contributed by atoms with Crippen molar-refractivity contribution in [3.8, 4) is 5.75 Å². The van der Waals surface area contributed by atoms with E-state index in [1.807, 2.05) is 24.3 Å². The molecule has 1 aliphatic rings. The number of ether oxygens (including phenoxy) is 1. The topological polar surface area (TPSA) is 72.6 Å². The third-order valence-corrected chi connectivity index (χ3v) is 5.90. The molecule has 166 valence electrons. The Morgan fingerprint density at radius 3 is 2.73 bits per heavy atom. The summed E-state index contributed by atoms with van der Waals surface area (Å²) >= 11 is 6.02. The van der Waals surface area contributed by atoms with E-state index in [1.54, 1.807) is 36.4 Å². The number of pyridine rings is 1. The second-order valence-corrected chi connectivity index (χ2v) is 8.29. The van der Waals surface area contributed by atoms with Gasteiger partial charge in [0.15, 0.2) is 5.43 Å². The molecule has 33 heavy (non-hydrogen) atoms. The minimum absolute atomic E-state index is 0.0257. The van der Waals surface area contributed by atoms with Gasteiger partial charge in [-0.25, -0.2) is 4.98 Å². The number of para-hydroxylation sites is 1. The van der Waals surface area contributed by atoms with Crippen LogP contribution in [0.15, 0.2) is 76.1 Å². The van der Waals surface area contributed by atoms with Crippen LogP contribution in [0.25, 0.3) is 11.0 Å². The predicted octanol–water partition coefficient (Wildman–Crippen LogP) is 5.77. The zero-order valence-corrected chi connectivity index (χ0v) is 18.7. The maximum absolute atomic E-state index is 13.6. The summed E-state index contributed by atoms with van der Waals surface area (Å²) in [6.45, 7) is 2.69. The molecule has 7 heteroatoms. The number of rotatable bonds is 6. The van der Waals surface area contributed by atoms with Crippen LogP contribution in [0.1, 0.15) is 47.5 Å². The number of hydrogen-bond donors (Lipinski definition) is 0. The summed E-state index contributed by atoms with van der Waals surface area (Å²) in [6, 6.07) is 17.0. The van der Waals surface area contributed by atoms with Gasteiger partial charge in [0.2, 0.25) is 5.76 Å². The minimum Gasteiger partial charge on any atom is -0.494 e. The number of aromatic nitrogens is 1. The van der Waals surface area contributed by atoms with Crippen LogP contribution in [0.5, 0.6) is 5.75 Å². The molecule has 0 saturated carbocycles. The van der Waals surface area contributed by atoms with Crippen LogP contribution in [0.2, 0.25) is 5.02 Å². The van der Waals surface area contributed by atoms with Crippen molar-refractivity contribution in [2.75, 3.05) is 11.5 Å². The van der Waals surface area contributed by atoms with Crippen LogP contribution in [-0.2, 0) is 0 Å². The van der Waals surface area contributed by atoms with Gasteiger partial charge in [-0.15, -0.1) is 0 Å². The second kappa shape index (κ2) is 8.71. The van der Waals surface area contributed by atoms with E-state index in [1.165, 1.54) is 11.1 Å². The molecule has 0 spiro atoms. The molecule has 0 N–H and O–H groups in total. The quantitative estimate of drug-likeness (QED) is 0.341. The van der Waals surface area contributed by atoms with Crippen molar-refractivity contribution in [2.24, 2.45) is 0 Å². The maximum Gasteiger partial charge on any atom is 0.296 e. The molecule has 1 aliphatic heterocycles. The number of unbranched alkanes of at least 4 members (excludes halogenated alkanes) is 1. The van der Waals surface area contributed by atoms with Crippen molar-refractivity contribution in [3.63, 3.8) is 0 Å². The minimum atomic E-state index is -0.711. The first-order chi connectivity index (χ1) is 16.1. The largest absolute Gasteiger partial charge is 0.494 e. The molecular weight excluding hydrogens is 440 g/mol. The lowest BCUT2D eigenvalue weighted by atomic mass is 9.98. The molecule has 1 atom stereocenters. The zero-order valence-electron chi connectivity index (χ0n) is 18.0.